The third-order valence-corrected chi connectivity index (χ3v) is 2.85. The second kappa shape index (κ2) is 3.56. The molecule has 1 aromatic rings. The number of pyridine rings is 1. The summed E-state index contributed by atoms with van der Waals surface area (Å²) in [7, 11) is 0. The summed E-state index contributed by atoms with van der Waals surface area (Å²) >= 11 is 0. The van der Waals surface area contributed by atoms with Crippen molar-refractivity contribution in [3.05, 3.63) is 24.1 Å². The van der Waals surface area contributed by atoms with Gasteiger partial charge in [-0.25, -0.2) is 4.98 Å². The minimum absolute atomic E-state index is 0.112. The molecule has 0 spiro atoms. The quantitative estimate of drug-likeness (QED) is 0.732. The van der Waals surface area contributed by atoms with Crippen molar-refractivity contribution >= 4 is 5.82 Å². The van der Waals surface area contributed by atoms with E-state index in [1.54, 1.807) is 6.07 Å². The van der Waals surface area contributed by atoms with Crippen molar-refractivity contribution in [2.45, 2.75) is 38.1 Å². The number of hydrogen-bond donors (Lipinski definition) is 1. The fraction of sp³-hybridized carbons (Fsp3) is 0.545. The Morgan fingerprint density at radius 3 is 2.71 bits per heavy atom. The first kappa shape index (κ1) is 9.44. The Bertz CT molecular complexity index is 319. The molecular weight excluding hydrogens is 179 g/mol. The van der Waals surface area contributed by atoms with Crippen LogP contribution in [-0.2, 0) is 0 Å². The minimum atomic E-state index is -0.420. The number of nitrogens with zero attached hydrogens (tertiary/aromatic N) is 1. The number of hydrogen-bond acceptors (Lipinski definition) is 2. The maximum atomic E-state index is 12.8. The Hall–Kier alpha value is -1.12. The van der Waals surface area contributed by atoms with Gasteiger partial charge in [0.15, 0.2) is 0 Å². The van der Waals surface area contributed by atoms with Crippen LogP contribution in [-0.4, -0.2) is 10.5 Å². The molecule has 0 radical (unpaired) electrons. The van der Waals surface area contributed by atoms with Crippen LogP contribution in [0.15, 0.2) is 18.2 Å². The van der Waals surface area contributed by atoms with Crippen molar-refractivity contribution in [3.63, 3.8) is 0 Å². The van der Waals surface area contributed by atoms with Crippen LogP contribution in [0.3, 0.4) is 0 Å². The molecule has 1 heterocycles. The van der Waals surface area contributed by atoms with Crippen molar-refractivity contribution < 1.29 is 4.39 Å². The lowest BCUT2D eigenvalue weighted by molar-refractivity contribution is 0.525. The standard InChI is InChI=1S/C11H15FN2/c1-11(7-2-3-8-11)14-10-6-4-5-9(12)13-10/h4-6H,2-3,7-8H2,1H3,(H,13,14). The fourth-order valence-corrected chi connectivity index (χ4v) is 2.07. The molecule has 1 N–H and O–H groups in total. The van der Waals surface area contributed by atoms with Gasteiger partial charge in [0.1, 0.15) is 5.82 Å². The normalized spacial score (nSPS) is 19.6. The molecule has 2 nitrogen and oxygen atoms in total. The zero-order chi connectivity index (χ0) is 10.0. The largest absolute Gasteiger partial charge is 0.365 e. The highest BCUT2D eigenvalue weighted by Gasteiger charge is 2.28. The third-order valence-electron chi connectivity index (χ3n) is 2.85. The van der Waals surface area contributed by atoms with E-state index in [2.05, 4.69) is 17.2 Å². The highest BCUT2D eigenvalue weighted by molar-refractivity contribution is 5.37. The molecule has 14 heavy (non-hydrogen) atoms. The van der Waals surface area contributed by atoms with E-state index in [4.69, 9.17) is 0 Å². The smallest absolute Gasteiger partial charge is 0.214 e. The molecule has 2 rings (SSSR count). The van der Waals surface area contributed by atoms with Gasteiger partial charge < -0.3 is 5.32 Å². The number of rotatable bonds is 2. The van der Waals surface area contributed by atoms with Crippen LogP contribution in [0.1, 0.15) is 32.6 Å². The van der Waals surface area contributed by atoms with Crippen molar-refractivity contribution in [1.82, 2.24) is 4.98 Å². The average Bonchev–Trinajstić information content (AvgIpc) is 2.51. The van der Waals surface area contributed by atoms with E-state index in [0.29, 0.717) is 5.82 Å². The van der Waals surface area contributed by atoms with E-state index >= 15 is 0 Å². The zero-order valence-corrected chi connectivity index (χ0v) is 8.39. The van der Waals surface area contributed by atoms with Crippen molar-refractivity contribution in [3.8, 4) is 0 Å². The SMILES string of the molecule is CC1(Nc2cccc(F)n2)CCCC1. The Kier molecular flexibility index (Phi) is 2.40. The predicted molar refractivity (Wildman–Crippen MR) is 54.7 cm³/mol. The minimum Gasteiger partial charge on any atom is -0.365 e. The highest BCUT2D eigenvalue weighted by atomic mass is 19.1. The van der Waals surface area contributed by atoms with Crippen LogP contribution in [0, 0.1) is 5.95 Å². The van der Waals surface area contributed by atoms with Crippen LogP contribution < -0.4 is 5.32 Å². The fourth-order valence-electron chi connectivity index (χ4n) is 2.07. The van der Waals surface area contributed by atoms with Crippen molar-refractivity contribution in [1.29, 1.82) is 0 Å². The van der Waals surface area contributed by atoms with Crippen molar-refractivity contribution in [2.75, 3.05) is 5.32 Å². The number of anilines is 1. The maximum Gasteiger partial charge on any atom is 0.214 e. The van der Waals surface area contributed by atoms with E-state index in [1.807, 2.05) is 6.07 Å². The third kappa shape index (κ3) is 2.03. The van der Waals surface area contributed by atoms with Gasteiger partial charge >= 0.3 is 0 Å². The highest BCUT2D eigenvalue weighted by Crippen LogP contribution is 2.31. The van der Waals surface area contributed by atoms with E-state index in [9.17, 15) is 4.39 Å². The Balaban J connectivity index is 2.10. The van der Waals surface area contributed by atoms with Gasteiger partial charge in [-0.1, -0.05) is 18.9 Å². The molecule has 1 fully saturated rings. The first-order valence-electron chi connectivity index (χ1n) is 5.09. The molecule has 0 bridgehead atoms. The topological polar surface area (TPSA) is 24.9 Å². The lowest BCUT2D eigenvalue weighted by Crippen LogP contribution is -2.31. The van der Waals surface area contributed by atoms with Gasteiger partial charge in [-0.2, -0.15) is 4.39 Å². The summed E-state index contributed by atoms with van der Waals surface area (Å²) in [5.41, 5.74) is 0.112. The summed E-state index contributed by atoms with van der Waals surface area (Å²) < 4.78 is 12.8. The molecule has 76 valence electrons. The van der Waals surface area contributed by atoms with Gasteiger partial charge in [0, 0.05) is 5.54 Å². The van der Waals surface area contributed by atoms with E-state index in [-0.39, 0.29) is 5.54 Å². The Labute approximate surface area is 83.6 Å². The first-order chi connectivity index (χ1) is 6.68. The molecule has 3 heteroatoms. The molecule has 0 aromatic carbocycles. The van der Waals surface area contributed by atoms with Gasteiger partial charge in [-0.05, 0) is 31.9 Å². The first-order valence-corrected chi connectivity index (χ1v) is 5.09. The van der Waals surface area contributed by atoms with Crippen LogP contribution in [0.5, 0.6) is 0 Å². The molecule has 0 atom stereocenters. The molecule has 0 aliphatic heterocycles. The summed E-state index contributed by atoms with van der Waals surface area (Å²) in [6.45, 7) is 2.17. The van der Waals surface area contributed by atoms with Crippen LogP contribution >= 0.6 is 0 Å². The molecule has 1 saturated carbocycles. The predicted octanol–water partition coefficient (Wildman–Crippen LogP) is 2.97. The van der Waals surface area contributed by atoms with E-state index in [1.165, 1.54) is 18.9 Å². The van der Waals surface area contributed by atoms with Crippen LogP contribution in [0.2, 0.25) is 0 Å². The van der Waals surface area contributed by atoms with E-state index < -0.39 is 5.95 Å². The second-order valence-electron chi connectivity index (χ2n) is 4.24. The second-order valence-corrected chi connectivity index (χ2v) is 4.24. The van der Waals surface area contributed by atoms with E-state index in [0.717, 1.165) is 12.8 Å². The number of halogens is 1. The molecule has 0 saturated heterocycles. The lowest BCUT2D eigenvalue weighted by Gasteiger charge is -2.25. The average molecular weight is 194 g/mol. The molecule has 1 aromatic heterocycles. The molecule has 1 aliphatic carbocycles. The van der Waals surface area contributed by atoms with Gasteiger partial charge in [-0.15, -0.1) is 0 Å². The summed E-state index contributed by atoms with van der Waals surface area (Å²) in [6.07, 6.45) is 4.79. The van der Waals surface area contributed by atoms with Crippen LogP contribution in [0.25, 0.3) is 0 Å². The number of nitrogens with one attached hydrogen (secondary N) is 1. The summed E-state index contributed by atoms with van der Waals surface area (Å²) in [6, 6.07) is 4.86. The monoisotopic (exact) mass is 194 g/mol. The van der Waals surface area contributed by atoms with Gasteiger partial charge in [0.25, 0.3) is 0 Å². The molecule has 0 amide bonds. The summed E-state index contributed by atoms with van der Waals surface area (Å²) in [4.78, 5) is 3.80. The Morgan fingerprint density at radius 1 is 1.36 bits per heavy atom. The van der Waals surface area contributed by atoms with Gasteiger partial charge in [0.05, 0.1) is 0 Å². The molecular formula is C11H15FN2. The maximum absolute atomic E-state index is 12.8. The lowest BCUT2D eigenvalue weighted by atomic mass is 10.0. The van der Waals surface area contributed by atoms with Crippen LogP contribution in [0.4, 0.5) is 10.2 Å². The van der Waals surface area contributed by atoms with Crippen molar-refractivity contribution in [2.24, 2.45) is 0 Å². The molecule has 0 unspecified atom stereocenters. The van der Waals surface area contributed by atoms with Gasteiger partial charge in [0.2, 0.25) is 5.95 Å². The summed E-state index contributed by atoms with van der Waals surface area (Å²) in [5.74, 6) is 0.228. The number of aromatic nitrogens is 1. The zero-order valence-electron chi connectivity index (χ0n) is 8.39. The Morgan fingerprint density at radius 2 is 2.07 bits per heavy atom. The molecule has 1 aliphatic rings. The van der Waals surface area contributed by atoms with Gasteiger partial charge in [-0.3, -0.25) is 0 Å². The summed E-state index contributed by atoms with van der Waals surface area (Å²) in [5, 5.41) is 3.31.